The van der Waals surface area contributed by atoms with Crippen LogP contribution in [0, 0.1) is 0 Å². The molecule has 0 spiro atoms. The van der Waals surface area contributed by atoms with Crippen LogP contribution in [0.5, 0.6) is 0 Å². The highest BCUT2D eigenvalue weighted by molar-refractivity contribution is 9.10. The van der Waals surface area contributed by atoms with Gasteiger partial charge in [-0.25, -0.2) is 4.79 Å². The van der Waals surface area contributed by atoms with Gasteiger partial charge in [0, 0.05) is 19.2 Å². The van der Waals surface area contributed by atoms with Gasteiger partial charge < -0.3 is 9.64 Å². The molecule has 0 radical (unpaired) electrons. The number of amides is 1. The zero-order valence-electron chi connectivity index (χ0n) is 11.2. The third kappa shape index (κ3) is 2.68. The molecule has 100 valence electrons. The van der Waals surface area contributed by atoms with Crippen molar-refractivity contribution >= 4 is 22.0 Å². The Kier molecular flexibility index (Phi) is 3.40. The van der Waals surface area contributed by atoms with Crippen LogP contribution in [0.4, 0.5) is 4.79 Å². The first-order chi connectivity index (χ1) is 8.28. The van der Waals surface area contributed by atoms with Crippen molar-refractivity contribution in [2.24, 2.45) is 7.05 Å². The first-order valence-corrected chi connectivity index (χ1v) is 6.75. The molecule has 0 bridgehead atoms. The van der Waals surface area contributed by atoms with E-state index in [1.807, 2.05) is 27.8 Å². The lowest BCUT2D eigenvalue weighted by atomic mass is 10.1. The second kappa shape index (κ2) is 4.57. The van der Waals surface area contributed by atoms with E-state index >= 15 is 0 Å². The van der Waals surface area contributed by atoms with E-state index in [4.69, 9.17) is 4.74 Å². The van der Waals surface area contributed by atoms with Crippen molar-refractivity contribution in [3.63, 3.8) is 0 Å². The van der Waals surface area contributed by atoms with Crippen molar-refractivity contribution in [1.29, 1.82) is 0 Å². The van der Waals surface area contributed by atoms with Gasteiger partial charge in [-0.15, -0.1) is 0 Å². The van der Waals surface area contributed by atoms with Gasteiger partial charge in [-0.2, -0.15) is 5.10 Å². The van der Waals surface area contributed by atoms with Crippen LogP contribution in [0.15, 0.2) is 4.60 Å². The van der Waals surface area contributed by atoms with E-state index in [1.165, 1.54) is 5.56 Å². The SMILES string of the molecule is Cn1nc2c(c1Br)CCN(C(=O)OC(C)(C)C)C2. The summed E-state index contributed by atoms with van der Waals surface area (Å²) in [5, 5.41) is 4.40. The van der Waals surface area contributed by atoms with Crippen molar-refractivity contribution in [1.82, 2.24) is 14.7 Å². The molecule has 0 aliphatic carbocycles. The van der Waals surface area contributed by atoms with Gasteiger partial charge in [-0.3, -0.25) is 4.68 Å². The summed E-state index contributed by atoms with van der Waals surface area (Å²) in [6.07, 6.45) is 0.540. The van der Waals surface area contributed by atoms with E-state index < -0.39 is 5.60 Å². The highest BCUT2D eigenvalue weighted by Crippen LogP contribution is 2.26. The van der Waals surface area contributed by atoms with Crippen molar-refractivity contribution in [2.75, 3.05) is 6.54 Å². The van der Waals surface area contributed by atoms with E-state index in [9.17, 15) is 4.79 Å². The normalized spacial score (nSPS) is 15.5. The first kappa shape index (κ1) is 13.4. The highest BCUT2D eigenvalue weighted by atomic mass is 79.9. The topological polar surface area (TPSA) is 47.4 Å². The zero-order chi connectivity index (χ0) is 13.5. The minimum Gasteiger partial charge on any atom is -0.444 e. The van der Waals surface area contributed by atoms with Crippen LogP contribution in [0.3, 0.4) is 0 Å². The van der Waals surface area contributed by atoms with E-state index in [0.29, 0.717) is 13.1 Å². The largest absolute Gasteiger partial charge is 0.444 e. The summed E-state index contributed by atoms with van der Waals surface area (Å²) in [6, 6.07) is 0. The smallest absolute Gasteiger partial charge is 0.410 e. The lowest BCUT2D eigenvalue weighted by Gasteiger charge is -2.29. The Balaban J connectivity index is 2.10. The van der Waals surface area contributed by atoms with Gasteiger partial charge >= 0.3 is 6.09 Å². The minimum atomic E-state index is -0.456. The summed E-state index contributed by atoms with van der Waals surface area (Å²) < 4.78 is 8.17. The standard InChI is InChI=1S/C12H18BrN3O2/c1-12(2,3)18-11(17)16-6-5-8-9(7-16)14-15(4)10(8)13/h5-7H2,1-4H3. The molecule has 0 fully saturated rings. The van der Waals surface area contributed by atoms with Crippen LogP contribution >= 0.6 is 15.9 Å². The number of carbonyl (C=O) groups excluding carboxylic acids is 1. The molecule has 0 N–H and O–H groups in total. The van der Waals surface area contributed by atoms with Crippen molar-refractivity contribution < 1.29 is 9.53 Å². The molecular weight excluding hydrogens is 298 g/mol. The number of aryl methyl sites for hydroxylation is 1. The fraction of sp³-hybridized carbons (Fsp3) is 0.667. The molecular formula is C12H18BrN3O2. The van der Waals surface area contributed by atoms with E-state index in [2.05, 4.69) is 21.0 Å². The summed E-state index contributed by atoms with van der Waals surface area (Å²) >= 11 is 3.51. The number of carbonyl (C=O) groups is 1. The Morgan fingerprint density at radius 3 is 2.72 bits per heavy atom. The quantitative estimate of drug-likeness (QED) is 0.739. The average Bonchev–Trinajstić information content (AvgIpc) is 2.52. The minimum absolute atomic E-state index is 0.269. The van der Waals surface area contributed by atoms with Gasteiger partial charge in [0.15, 0.2) is 0 Å². The molecule has 0 saturated heterocycles. The highest BCUT2D eigenvalue weighted by Gasteiger charge is 2.28. The number of hydrogen-bond acceptors (Lipinski definition) is 3. The number of nitrogens with zero attached hydrogens (tertiary/aromatic N) is 3. The molecule has 1 aromatic rings. The van der Waals surface area contributed by atoms with Crippen LogP contribution in [-0.4, -0.2) is 32.9 Å². The molecule has 1 aliphatic heterocycles. The van der Waals surface area contributed by atoms with Gasteiger partial charge in [-0.1, -0.05) is 0 Å². The summed E-state index contributed by atoms with van der Waals surface area (Å²) in [5.41, 5.74) is 1.68. The summed E-state index contributed by atoms with van der Waals surface area (Å²) in [7, 11) is 1.89. The van der Waals surface area contributed by atoms with Gasteiger partial charge in [0.25, 0.3) is 0 Å². The molecule has 18 heavy (non-hydrogen) atoms. The van der Waals surface area contributed by atoms with E-state index in [0.717, 1.165) is 16.7 Å². The number of ether oxygens (including phenoxy) is 1. The maximum atomic E-state index is 12.0. The van der Waals surface area contributed by atoms with Gasteiger partial charge in [0.05, 0.1) is 12.2 Å². The molecule has 6 heteroatoms. The summed E-state index contributed by atoms with van der Waals surface area (Å²) in [4.78, 5) is 13.7. The molecule has 0 saturated carbocycles. The Hall–Kier alpha value is -1.04. The Morgan fingerprint density at radius 1 is 1.44 bits per heavy atom. The van der Waals surface area contributed by atoms with Crippen LogP contribution in [0.25, 0.3) is 0 Å². The van der Waals surface area contributed by atoms with Gasteiger partial charge in [-0.05, 0) is 43.1 Å². The molecule has 2 heterocycles. The first-order valence-electron chi connectivity index (χ1n) is 5.96. The predicted octanol–water partition coefficient (Wildman–Crippen LogP) is 2.48. The number of aromatic nitrogens is 2. The number of fused-ring (bicyclic) bond motifs is 1. The summed E-state index contributed by atoms with van der Waals surface area (Å²) in [5.74, 6) is 0. The molecule has 0 atom stereocenters. The van der Waals surface area contributed by atoms with E-state index in [-0.39, 0.29) is 6.09 Å². The van der Waals surface area contributed by atoms with Crippen LogP contribution in [-0.2, 0) is 24.8 Å². The maximum Gasteiger partial charge on any atom is 0.410 e. The number of halogens is 1. The molecule has 1 amide bonds. The van der Waals surface area contributed by atoms with Crippen LogP contribution in [0.2, 0.25) is 0 Å². The lowest BCUT2D eigenvalue weighted by Crippen LogP contribution is -2.39. The second-order valence-electron chi connectivity index (χ2n) is 5.49. The van der Waals surface area contributed by atoms with Gasteiger partial charge in [0.2, 0.25) is 0 Å². The maximum absolute atomic E-state index is 12.0. The zero-order valence-corrected chi connectivity index (χ0v) is 12.7. The fourth-order valence-electron chi connectivity index (χ4n) is 1.96. The fourth-order valence-corrected chi connectivity index (χ4v) is 2.47. The van der Waals surface area contributed by atoms with E-state index in [1.54, 1.807) is 9.58 Å². The Bertz CT molecular complexity index is 476. The van der Waals surface area contributed by atoms with Crippen molar-refractivity contribution in [3.8, 4) is 0 Å². The average molecular weight is 316 g/mol. The van der Waals surface area contributed by atoms with Gasteiger partial charge in [0.1, 0.15) is 10.2 Å². The number of hydrogen-bond donors (Lipinski definition) is 0. The second-order valence-corrected chi connectivity index (χ2v) is 6.24. The Morgan fingerprint density at radius 2 is 2.11 bits per heavy atom. The molecule has 0 aromatic carbocycles. The van der Waals surface area contributed by atoms with Crippen molar-refractivity contribution in [3.05, 3.63) is 15.9 Å². The van der Waals surface area contributed by atoms with Crippen LogP contribution in [0.1, 0.15) is 32.0 Å². The summed E-state index contributed by atoms with van der Waals surface area (Å²) in [6.45, 7) is 6.81. The lowest BCUT2D eigenvalue weighted by molar-refractivity contribution is 0.0221. The third-order valence-electron chi connectivity index (χ3n) is 2.78. The predicted molar refractivity (Wildman–Crippen MR) is 71.3 cm³/mol. The monoisotopic (exact) mass is 315 g/mol. The molecule has 5 nitrogen and oxygen atoms in total. The van der Waals surface area contributed by atoms with Crippen LogP contribution < -0.4 is 0 Å². The molecule has 1 aromatic heterocycles. The molecule has 0 unspecified atom stereocenters. The third-order valence-corrected chi connectivity index (χ3v) is 3.77. The molecule has 2 rings (SSSR count). The Labute approximate surface area is 115 Å². The van der Waals surface area contributed by atoms with Crippen molar-refractivity contribution in [2.45, 2.75) is 39.3 Å². The molecule has 1 aliphatic rings. The number of rotatable bonds is 0.